The van der Waals surface area contributed by atoms with Crippen molar-refractivity contribution in [3.05, 3.63) is 46.6 Å². The molecule has 7 heteroatoms. The van der Waals surface area contributed by atoms with Gasteiger partial charge in [-0.2, -0.15) is 5.26 Å². The van der Waals surface area contributed by atoms with Crippen molar-refractivity contribution in [1.29, 1.82) is 5.26 Å². The van der Waals surface area contributed by atoms with Gasteiger partial charge < -0.3 is 4.74 Å². The molecule has 1 aromatic carbocycles. The lowest BCUT2D eigenvalue weighted by molar-refractivity contribution is 0.0431. The van der Waals surface area contributed by atoms with Gasteiger partial charge in [0.2, 0.25) is 0 Å². The van der Waals surface area contributed by atoms with E-state index in [4.69, 9.17) is 10.00 Å². The molecule has 1 unspecified atom stereocenters. The molecule has 0 bridgehead atoms. The summed E-state index contributed by atoms with van der Waals surface area (Å²) in [4.78, 5) is 24.0. The molecule has 2 aromatic heterocycles. The molecule has 0 spiro atoms. The first kappa shape index (κ1) is 17.4. The summed E-state index contributed by atoms with van der Waals surface area (Å²) in [5.41, 5.74) is 1.58. The van der Waals surface area contributed by atoms with Gasteiger partial charge in [-0.05, 0) is 38.5 Å². The molecule has 0 aliphatic carbocycles. The standard InChI is InChI=1S/C18H15N3O2S2/c1-10(8-19)23-18(22)13-6-4-5-7-14(13)25-17-15-11(2)12(3)24-16(15)20-9-21-17/h4-7,9-10H,1-3H3. The fourth-order valence-corrected chi connectivity index (χ4v) is 4.44. The lowest BCUT2D eigenvalue weighted by Crippen LogP contribution is -2.13. The van der Waals surface area contributed by atoms with Crippen LogP contribution in [0.2, 0.25) is 0 Å². The summed E-state index contributed by atoms with van der Waals surface area (Å²) < 4.78 is 5.14. The van der Waals surface area contributed by atoms with Crippen molar-refractivity contribution in [2.24, 2.45) is 0 Å². The zero-order chi connectivity index (χ0) is 18.0. The van der Waals surface area contributed by atoms with Crippen LogP contribution in [0.1, 0.15) is 27.7 Å². The fraction of sp³-hybridized carbons (Fsp3) is 0.222. The van der Waals surface area contributed by atoms with Crippen LogP contribution in [0, 0.1) is 25.2 Å². The number of ether oxygens (including phenoxy) is 1. The Morgan fingerprint density at radius 2 is 2.08 bits per heavy atom. The van der Waals surface area contributed by atoms with Crippen LogP contribution in [0.5, 0.6) is 0 Å². The molecule has 126 valence electrons. The average Bonchev–Trinajstić information content (AvgIpc) is 2.90. The molecule has 3 aromatic rings. The van der Waals surface area contributed by atoms with Crippen LogP contribution in [0.4, 0.5) is 0 Å². The first-order valence-electron chi connectivity index (χ1n) is 7.59. The van der Waals surface area contributed by atoms with Crippen LogP contribution >= 0.6 is 23.1 Å². The predicted molar refractivity (Wildman–Crippen MR) is 97.9 cm³/mol. The number of thiophene rings is 1. The van der Waals surface area contributed by atoms with E-state index < -0.39 is 12.1 Å². The summed E-state index contributed by atoms with van der Waals surface area (Å²) in [5, 5.41) is 10.7. The molecule has 0 saturated carbocycles. The number of benzene rings is 1. The number of fused-ring (bicyclic) bond motifs is 1. The van der Waals surface area contributed by atoms with Crippen LogP contribution in [0.25, 0.3) is 10.2 Å². The SMILES string of the molecule is Cc1sc2ncnc(Sc3ccccc3C(=O)OC(C)C#N)c2c1C. The minimum absolute atomic E-state index is 0.422. The lowest BCUT2D eigenvalue weighted by atomic mass is 10.2. The number of carbonyl (C=O) groups is 1. The third-order valence-corrected chi connectivity index (χ3v) is 5.90. The van der Waals surface area contributed by atoms with Gasteiger partial charge >= 0.3 is 5.97 Å². The van der Waals surface area contributed by atoms with E-state index in [-0.39, 0.29) is 0 Å². The monoisotopic (exact) mass is 369 g/mol. The molecular formula is C18H15N3O2S2. The van der Waals surface area contributed by atoms with Gasteiger partial charge in [0.25, 0.3) is 0 Å². The number of hydrogen-bond acceptors (Lipinski definition) is 7. The maximum atomic E-state index is 12.3. The maximum Gasteiger partial charge on any atom is 0.340 e. The first-order valence-corrected chi connectivity index (χ1v) is 9.22. The van der Waals surface area contributed by atoms with Gasteiger partial charge in [-0.15, -0.1) is 11.3 Å². The Labute approximate surface area is 153 Å². The largest absolute Gasteiger partial charge is 0.444 e. The third kappa shape index (κ3) is 3.50. The maximum absolute atomic E-state index is 12.3. The van der Waals surface area contributed by atoms with Gasteiger partial charge in [0.1, 0.15) is 22.3 Å². The van der Waals surface area contributed by atoms with E-state index in [2.05, 4.69) is 23.8 Å². The van der Waals surface area contributed by atoms with Crippen molar-refractivity contribution in [1.82, 2.24) is 9.97 Å². The van der Waals surface area contributed by atoms with E-state index in [1.165, 1.54) is 16.6 Å². The van der Waals surface area contributed by atoms with Crippen molar-refractivity contribution in [2.75, 3.05) is 0 Å². The molecule has 0 aliphatic rings. The molecule has 0 amide bonds. The highest BCUT2D eigenvalue weighted by molar-refractivity contribution is 7.99. The van der Waals surface area contributed by atoms with Crippen molar-refractivity contribution in [3.63, 3.8) is 0 Å². The summed E-state index contributed by atoms with van der Waals surface area (Å²) in [5.74, 6) is -0.513. The second-order valence-corrected chi connectivity index (χ2v) is 7.65. The van der Waals surface area contributed by atoms with Crippen molar-refractivity contribution >= 4 is 39.3 Å². The Kier molecular flexibility index (Phi) is 5.02. The molecule has 3 rings (SSSR count). The number of carbonyl (C=O) groups excluding carboxylic acids is 1. The average molecular weight is 369 g/mol. The van der Waals surface area contributed by atoms with Gasteiger partial charge in [-0.1, -0.05) is 23.9 Å². The summed E-state index contributed by atoms with van der Waals surface area (Å²) >= 11 is 3.04. The molecule has 5 nitrogen and oxygen atoms in total. The van der Waals surface area contributed by atoms with Gasteiger partial charge in [-0.25, -0.2) is 14.8 Å². The molecule has 0 saturated heterocycles. The summed E-state index contributed by atoms with van der Waals surface area (Å²) in [6.07, 6.45) is 0.747. The van der Waals surface area contributed by atoms with E-state index in [1.807, 2.05) is 18.2 Å². The molecule has 2 heterocycles. The number of nitriles is 1. The van der Waals surface area contributed by atoms with Crippen LogP contribution in [0.15, 0.2) is 40.5 Å². The number of aryl methyl sites for hydroxylation is 2. The molecule has 0 fully saturated rings. The van der Waals surface area contributed by atoms with E-state index in [9.17, 15) is 4.79 Å². The number of esters is 1. The fourth-order valence-electron chi connectivity index (χ4n) is 2.31. The molecule has 0 radical (unpaired) electrons. The molecule has 0 aliphatic heterocycles. The summed E-state index contributed by atoms with van der Waals surface area (Å²) in [6, 6.07) is 9.07. The van der Waals surface area contributed by atoms with Crippen LogP contribution in [0.3, 0.4) is 0 Å². The highest BCUT2D eigenvalue weighted by atomic mass is 32.2. The smallest absolute Gasteiger partial charge is 0.340 e. The molecule has 25 heavy (non-hydrogen) atoms. The van der Waals surface area contributed by atoms with E-state index in [1.54, 1.807) is 36.7 Å². The third-order valence-electron chi connectivity index (χ3n) is 3.71. The van der Waals surface area contributed by atoms with Crippen LogP contribution in [-0.2, 0) is 4.74 Å². The number of nitrogens with zero attached hydrogens (tertiary/aromatic N) is 3. The van der Waals surface area contributed by atoms with Crippen molar-refractivity contribution in [3.8, 4) is 6.07 Å². The summed E-state index contributed by atoms with van der Waals surface area (Å²) in [6.45, 7) is 5.65. The normalized spacial score (nSPS) is 11.9. The van der Waals surface area contributed by atoms with Crippen molar-refractivity contribution in [2.45, 2.75) is 36.8 Å². The number of aromatic nitrogens is 2. The highest BCUT2D eigenvalue weighted by Crippen LogP contribution is 2.38. The van der Waals surface area contributed by atoms with Crippen LogP contribution in [-0.4, -0.2) is 22.0 Å². The second-order valence-electron chi connectivity index (χ2n) is 5.42. The first-order chi connectivity index (χ1) is 12.0. The minimum atomic E-state index is -0.793. The van der Waals surface area contributed by atoms with E-state index in [0.717, 1.165) is 25.7 Å². The Bertz CT molecular complexity index is 992. The quantitative estimate of drug-likeness (QED) is 0.497. The highest BCUT2D eigenvalue weighted by Gasteiger charge is 2.19. The topological polar surface area (TPSA) is 75.9 Å². The van der Waals surface area contributed by atoms with Gasteiger partial charge in [0, 0.05) is 15.2 Å². The Morgan fingerprint density at radius 1 is 1.32 bits per heavy atom. The zero-order valence-corrected chi connectivity index (χ0v) is 15.6. The number of rotatable bonds is 4. The van der Waals surface area contributed by atoms with E-state index >= 15 is 0 Å². The predicted octanol–water partition coefficient (Wildman–Crippen LogP) is 4.53. The second kappa shape index (κ2) is 7.21. The van der Waals surface area contributed by atoms with E-state index in [0.29, 0.717) is 5.56 Å². The van der Waals surface area contributed by atoms with Gasteiger partial charge in [0.15, 0.2) is 6.10 Å². The minimum Gasteiger partial charge on any atom is -0.444 e. The number of hydrogen-bond donors (Lipinski definition) is 0. The Morgan fingerprint density at radius 3 is 2.84 bits per heavy atom. The Balaban J connectivity index is 2.00. The summed E-state index contributed by atoms with van der Waals surface area (Å²) in [7, 11) is 0. The lowest BCUT2D eigenvalue weighted by Gasteiger charge is -2.10. The van der Waals surface area contributed by atoms with Crippen molar-refractivity contribution < 1.29 is 9.53 Å². The zero-order valence-electron chi connectivity index (χ0n) is 13.9. The van der Waals surface area contributed by atoms with Crippen LogP contribution < -0.4 is 0 Å². The molecule has 1 atom stereocenters. The Hall–Kier alpha value is -2.43. The van der Waals surface area contributed by atoms with Gasteiger partial charge in [0.05, 0.1) is 5.56 Å². The van der Waals surface area contributed by atoms with Gasteiger partial charge in [-0.3, -0.25) is 0 Å². The molecule has 0 N–H and O–H groups in total. The molecular weight excluding hydrogens is 354 g/mol.